The van der Waals surface area contributed by atoms with Gasteiger partial charge in [0.2, 0.25) is 10.0 Å². The van der Waals surface area contributed by atoms with E-state index >= 15 is 0 Å². The van der Waals surface area contributed by atoms with Crippen molar-refractivity contribution in [1.29, 1.82) is 0 Å². The second-order valence-corrected chi connectivity index (χ2v) is 10.7. The van der Waals surface area contributed by atoms with Gasteiger partial charge in [-0.15, -0.1) is 0 Å². The first-order valence-corrected chi connectivity index (χ1v) is 12.3. The SMILES string of the molecule is COc1ccc(C(=O)NCc2ccccc2CN2CCCC(C)C2)cc1S(=O)(=O)N(C)C. The Hall–Kier alpha value is -2.42. The van der Waals surface area contributed by atoms with E-state index in [4.69, 9.17) is 4.74 Å². The number of methoxy groups -OCH3 is 1. The Bertz CT molecular complexity index is 1050. The quantitative estimate of drug-likeness (QED) is 0.656. The number of likely N-dealkylation sites (tertiary alicyclic amines) is 1. The van der Waals surface area contributed by atoms with Gasteiger partial charge < -0.3 is 10.1 Å². The van der Waals surface area contributed by atoms with Crippen LogP contribution in [0.1, 0.15) is 41.3 Å². The predicted molar refractivity (Wildman–Crippen MR) is 125 cm³/mol. The summed E-state index contributed by atoms with van der Waals surface area (Å²) in [6, 6.07) is 12.6. The van der Waals surface area contributed by atoms with Crippen LogP contribution in [0.4, 0.5) is 0 Å². The monoisotopic (exact) mass is 459 g/mol. The lowest BCUT2D eigenvalue weighted by atomic mass is 9.99. The van der Waals surface area contributed by atoms with Gasteiger partial charge in [-0.05, 0) is 54.6 Å². The number of hydrogen-bond donors (Lipinski definition) is 1. The molecule has 3 rings (SSSR count). The van der Waals surface area contributed by atoms with Crippen molar-refractivity contribution in [3.05, 3.63) is 59.2 Å². The van der Waals surface area contributed by atoms with E-state index in [9.17, 15) is 13.2 Å². The molecule has 0 spiro atoms. The third-order valence-electron chi connectivity index (χ3n) is 5.88. The molecule has 1 fully saturated rings. The maximum atomic E-state index is 12.8. The first-order valence-electron chi connectivity index (χ1n) is 10.9. The number of amides is 1. The summed E-state index contributed by atoms with van der Waals surface area (Å²) in [5.74, 6) is 0.582. The Morgan fingerprint density at radius 1 is 1.19 bits per heavy atom. The molecule has 1 aliphatic heterocycles. The van der Waals surface area contributed by atoms with Crippen LogP contribution in [-0.2, 0) is 23.1 Å². The van der Waals surface area contributed by atoms with Gasteiger partial charge in [0, 0.05) is 39.3 Å². The van der Waals surface area contributed by atoms with Gasteiger partial charge in [-0.2, -0.15) is 0 Å². The molecule has 1 aliphatic rings. The van der Waals surface area contributed by atoms with E-state index < -0.39 is 10.0 Å². The van der Waals surface area contributed by atoms with Crippen molar-refractivity contribution in [2.45, 2.75) is 37.8 Å². The molecule has 0 radical (unpaired) electrons. The Morgan fingerprint density at radius 3 is 2.56 bits per heavy atom. The zero-order valence-electron chi connectivity index (χ0n) is 19.3. The van der Waals surface area contributed by atoms with Crippen molar-refractivity contribution in [3.63, 3.8) is 0 Å². The number of carbonyl (C=O) groups excluding carboxylic acids is 1. The fourth-order valence-electron chi connectivity index (χ4n) is 4.05. The molecule has 1 amide bonds. The largest absolute Gasteiger partial charge is 0.495 e. The lowest BCUT2D eigenvalue weighted by Gasteiger charge is -2.31. The van der Waals surface area contributed by atoms with Crippen molar-refractivity contribution in [1.82, 2.24) is 14.5 Å². The molecule has 1 N–H and O–H groups in total. The third-order valence-corrected chi connectivity index (χ3v) is 7.71. The second-order valence-electron chi connectivity index (χ2n) is 8.59. The Balaban J connectivity index is 1.74. The lowest BCUT2D eigenvalue weighted by molar-refractivity contribution is 0.0950. The van der Waals surface area contributed by atoms with Crippen molar-refractivity contribution in [3.8, 4) is 5.75 Å². The highest BCUT2D eigenvalue weighted by Crippen LogP contribution is 2.27. The number of sulfonamides is 1. The number of benzene rings is 2. The number of ether oxygens (including phenoxy) is 1. The fraction of sp³-hybridized carbons (Fsp3) is 0.458. The minimum atomic E-state index is -3.75. The summed E-state index contributed by atoms with van der Waals surface area (Å²) < 4.78 is 31.6. The maximum Gasteiger partial charge on any atom is 0.251 e. The minimum Gasteiger partial charge on any atom is -0.495 e. The normalized spacial score (nSPS) is 17.3. The molecule has 1 unspecified atom stereocenters. The van der Waals surface area contributed by atoms with Gasteiger partial charge in [-0.1, -0.05) is 31.2 Å². The minimum absolute atomic E-state index is 0.0303. The predicted octanol–water partition coefficient (Wildman–Crippen LogP) is 3.11. The van der Waals surface area contributed by atoms with Crippen LogP contribution in [0.2, 0.25) is 0 Å². The molecule has 2 aromatic rings. The molecule has 0 aromatic heterocycles. The second kappa shape index (κ2) is 10.5. The van der Waals surface area contributed by atoms with E-state index in [0.29, 0.717) is 12.5 Å². The van der Waals surface area contributed by atoms with Crippen LogP contribution in [0.3, 0.4) is 0 Å². The third kappa shape index (κ3) is 5.68. The highest BCUT2D eigenvalue weighted by Gasteiger charge is 2.24. The molecule has 0 aliphatic carbocycles. The molecule has 32 heavy (non-hydrogen) atoms. The van der Waals surface area contributed by atoms with Gasteiger partial charge in [0.1, 0.15) is 10.6 Å². The van der Waals surface area contributed by atoms with E-state index in [1.54, 1.807) is 6.07 Å². The number of nitrogens with zero attached hydrogens (tertiary/aromatic N) is 2. The standard InChI is InChI=1S/C24H33N3O4S/c1-18-8-7-13-27(16-18)17-21-10-6-5-9-20(21)15-25-24(28)19-11-12-22(31-4)23(14-19)32(29,30)26(2)3/h5-6,9-12,14,18H,7-8,13,15-17H2,1-4H3,(H,25,28). The molecule has 7 nitrogen and oxygen atoms in total. The zero-order valence-corrected chi connectivity index (χ0v) is 20.1. The fourth-order valence-corrected chi connectivity index (χ4v) is 5.12. The number of nitrogens with one attached hydrogen (secondary N) is 1. The molecule has 1 atom stereocenters. The molecule has 0 bridgehead atoms. The van der Waals surface area contributed by atoms with Gasteiger partial charge >= 0.3 is 0 Å². The Labute approximate surface area is 191 Å². The average molecular weight is 460 g/mol. The van der Waals surface area contributed by atoms with E-state index in [1.165, 1.54) is 51.7 Å². The Kier molecular flexibility index (Phi) is 7.92. The number of hydrogen-bond acceptors (Lipinski definition) is 5. The molecule has 1 heterocycles. The topological polar surface area (TPSA) is 79.0 Å². The first kappa shape index (κ1) is 24.2. The highest BCUT2D eigenvalue weighted by molar-refractivity contribution is 7.89. The summed E-state index contributed by atoms with van der Waals surface area (Å²) in [5.41, 5.74) is 2.54. The number of piperidine rings is 1. The molecule has 1 saturated heterocycles. The molecule has 174 valence electrons. The molecule has 8 heteroatoms. The van der Waals surface area contributed by atoms with Crippen LogP contribution >= 0.6 is 0 Å². The van der Waals surface area contributed by atoms with Crippen LogP contribution in [0.5, 0.6) is 5.75 Å². The van der Waals surface area contributed by atoms with Gasteiger partial charge in [0.25, 0.3) is 5.91 Å². The van der Waals surface area contributed by atoms with Crippen LogP contribution in [0, 0.1) is 5.92 Å². The lowest BCUT2D eigenvalue weighted by Crippen LogP contribution is -2.34. The molecular weight excluding hydrogens is 426 g/mol. The maximum absolute atomic E-state index is 12.8. The number of carbonyl (C=O) groups is 1. The van der Waals surface area contributed by atoms with Gasteiger partial charge in [-0.25, -0.2) is 12.7 Å². The van der Waals surface area contributed by atoms with Crippen LogP contribution in [0.25, 0.3) is 0 Å². The summed E-state index contributed by atoms with van der Waals surface area (Å²) in [6.07, 6.45) is 2.50. The zero-order chi connectivity index (χ0) is 23.3. The van der Waals surface area contributed by atoms with E-state index in [-0.39, 0.29) is 22.1 Å². The van der Waals surface area contributed by atoms with E-state index in [1.807, 2.05) is 18.2 Å². The van der Waals surface area contributed by atoms with Crippen molar-refractivity contribution >= 4 is 15.9 Å². The van der Waals surface area contributed by atoms with E-state index in [0.717, 1.165) is 29.5 Å². The van der Waals surface area contributed by atoms with Gasteiger partial charge in [0.05, 0.1) is 7.11 Å². The van der Waals surface area contributed by atoms with Crippen molar-refractivity contribution in [2.24, 2.45) is 5.92 Å². The van der Waals surface area contributed by atoms with Crippen molar-refractivity contribution in [2.75, 3.05) is 34.3 Å². The van der Waals surface area contributed by atoms with Crippen molar-refractivity contribution < 1.29 is 17.9 Å². The molecular formula is C24H33N3O4S. The molecule has 2 aromatic carbocycles. The van der Waals surface area contributed by atoms with Crippen LogP contribution in [-0.4, -0.2) is 57.8 Å². The summed E-state index contributed by atoms with van der Waals surface area (Å²) >= 11 is 0. The Morgan fingerprint density at radius 2 is 1.91 bits per heavy atom. The van der Waals surface area contributed by atoms with Gasteiger partial charge in [-0.3, -0.25) is 9.69 Å². The average Bonchev–Trinajstić information content (AvgIpc) is 2.77. The number of rotatable bonds is 8. The smallest absolute Gasteiger partial charge is 0.251 e. The summed E-state index contributed by atoms with van der Waals surface area (Å²) in [4.78, 5) is 15.3. The van der Waals surface area contributed by atoms with Crippen LogP contribution < -0.4 is 10.1 Å². The summed E-state index contributed by atoms with van der Waals surface area (Å²) in [7, 11) is 0.551. The highest BCUT2D eigenvalue weighted by atomic mass is 32.2. The van der Waals surface area contributed by atoms with E-state index in [2.05, 4.69) is 23.2 Å². The van der Waals surface area contributed by atoms with Gasteiger partial charge in [0.15, 0.2) is 0 Å². The summed E-state index contributed by atoms with van der Waals surface area (Å²) in [5, 5.41) is 2.94. The molecule has 0 saturated carbocycles. The van der Waals surface area contributed by atoms with Crippen LogP contribution in [0.15, 0.2) is 47.4 Å². The summed E-state index contributed by atoms with van der Waals surface area (Å²) in [6.45, 7) is 5.72. The first-order chi connectivity index (χ1) is 15.2.